The predicted octanol–water partition coefficient (Wildman–Crippen LogP) is 0.919. The maximum Gasteiger partial charge on any atom is 0.255 e. The van der Waals surface area contributed by atoms with Gasteiger partial charge in [0.2, 0.25) is 5.95 Å². The van der Waals surface area contributed by atoms with Crippen LogP contribution < -0.4 is 16.6 Å². The summed E-state index contributed by atoms with van der Waals surface area (Å²) in [6.45, 7) is 0. The second-order valence-electron chi connectivity index (χ2n) is 5.09. The number of rotatable bonds is 3. The zero-order valence-corrected chi connectivity index (χ0v) is 11.1. The topological polar surface area (TPSA) is 85.8 Å². The van der Waals surface area contributed by atoms with Gasteiger partial charge < -0.3 is 11.1 Å². The fourth-order valence-corrected chi connectivity index (χ4v) is 2.49. The Morgan fingerprint density at radius 1 is 1.25 bits per heavy atom. The number of pyridine rings is 1. The molecular formula is C14H17N5O. The molecule has 0 radical (unpaired) electrons. The molecule has 1 aliphatic rings. The number of aromatic nitrogens is 3. The SMILES string of the molecule is N[C@H]1CC[C@H](Nc2ncc(-n3ccccc3=O)cn2)C1. The summed E-state index contributed by atoms with van der Waals surface area (Å²) in [6.07, 6.45) is 8.02. The van der Waals surface area contributed by atoms with Crippen LogP contribution in [0.3, 0.4) is 0 Å². The molecule has 2 heterocycles. The molecule has 0 bridgehead atoms. The first-order valence-corrected chi connectivity index (χ1v) is 6.74. The van der Waals surface area contributed by atoms with E-state index in [0.29, 0.717) is 17.7 Å². The first kappa shape index (κ1) is 12.8. The third kappa shape index (κ3) is 2.70. The normalized spacial score (nSPS) is 21.9. The summed E-state index contributed by atoms with van der Waals surface area (Å²) < 4.78 is 1.51. The van der Waals surface area contributed by atoms with Crippen LogP contribution in [0.2, 0.25) is 0 Å². The average molecular weight is 271 g/mol. The number of nitrogens with one attached hydrogen (secondary N) is 1. The Kier molecular flexibility index (Phi) is 3.47. The van der Waals surface area contributed by atoms with Crippen LogP contribution >= 0.6 is 0 Å². The van der Waals surface area contributed by atoms with Crippen molar-refractivity contribution in [2.45, 2.75) is 31.3 Å². The van der Waals surface area contributed by atoms with Gasteiger partial charge in [0.15, 0.2) is 0 Å². The first-order valence-electron chi connectivity index (χ1n) is 6.74. The highest BCUT2D eigenvalue weighted by molar-refractivity contribution is 5.33. The number of hydrogen-bond acceptors (Lipinski definition) is 5. The van der Waals surface area contributed by atoms with Gasteiger partial charge in [-0.25, -0.2) is 9.97 Å². The minimum absolute atomic E-state index is 0.0985. The van der Waals surface area contributed by atoms with E-state index in [1.165, 1.54) is 10.6 Å². The standard InChI is InChI=1S/C14H17N5O/c15-10-4-5-11(7-10)18-14-16-8-12(9-17-14)19-6-2-1-3-13(19)20/h1-3,6,8-11H,4-5,7,15H2,(H,16,17,18)/t10-,11-/m0/s1. The summed E-state index contributed by atoms with van der Waals surface area (Å²) in [5, 5.41) is 3.27. The van der Waals surface area contributed by atoms with Crippen molar-refractivity contribution in [3.05, 3.63) is 47.1 Å². The fourth-order valence-electron chi connectivity index (χ4n) is 2.49. The number of nitrogens with zero attached hydrogens (tertiary/aromatic N) is 3. The Morgan fingerprint density at radius 2 is 2.05 bits per heavy atom. The summed E-state index contributed by atoms with van der Waals surface area (Å²) in [7, 11) is 0. The molecule has 1 aliphatic carbocycles. The van der Waals surface area contributed by atoms with Gasteiger partial charge in [-0.1, -0.05) is 6.07 Å². The van der Waals surface area contributed by atoms with Crippen molar-refractivity contribution < 1.29 is 0 Å². The first-order chi connectivity index (χ1) is 9.72. The molecule has 2 atom stereocenters. The highest BCUT2D eigenvalue weighted by Gasteiger charge is 2.21. The number of hydrogen-bond donors (Lipinski definition) is 2. The molecule has 6 nitrogen and oxygen atoms in total. The maximum absolute atomic E-state index is 11.7. The van der Waals surface area contributed by atoms with Crippen LogP contribution in [0, 0.1) is 0 Å². The Labute approximate surface area is 116 Å². The molecule has 1 saturated carbocycles. The Morgan fingerprint density at radius 3 is 2.70 bits per heavy atom. The van der Waals surface area contributed by atoms with Gasteiger partial charge in [-0.3, -0.25) is 9.36 Å². The van der Waals surface area contributed by atoms with Gasteiger partial charge in [-0.15, -0.1) is 0 Å². The minimum atomic E-state index is -0.0985. The lowest BCUT2D eigenvalue weighted by atomic mass is 10.2. The second-order valence-corrected chi connectivity index (χ2v) is 5.09. The lowest BCUT2D eigenvalue weighted by Gasteiger charge is -2.12. The molecule has 6 heteroatoms. The molecule has 0 amide bonds. The van der Waals surface area contributed by atoms with Crippen molar-refractivity contribution in [1.29, 1.82) is 0 Å². The average Bonchev–Trinajstić information content (AvgIpc) is 2.86. The molecule has 0 spiro atoms. The molecule has 0 unspecified atom stereocenters. The van der Waals surface area contributed by atoms with Crippen molar-refractivity contribution in [3.63, 3.8) is 0 Å². The van der Waals surface area contributed by atoms with E-state index in [2.05, 4.69) is 15.3 Å². The molecule has 1 fully saturated rings. The smallest absolute Gasteiger partial charge is 0.255 e. The van der Waals surface area contributed by atoms with Crippen molar-refractivity contribution >= 4 is 5.95 Å². The van der Waals surface area contributed by atoms with E-state index in [4.69, 9.17) is 5.73 Å². The van der Waals surface area contributed by atoms with Crippen LogP contribution in [0.1, 0.15) is 19.3 Å². The molecule has 0 aliphatic heterocycles. The molecule has 20 heavy (non-hydrogen) atoms. The van der Waals surface area contributed by atoms with Crippen LogP contribution in [-0.4, -0.2) is 26.6 Å². The van der Waals surface area contributed by atoms with Crippen LogP contribution in [0.15, 0.2) is 41.6 Å². The molecule has 3 rings (SSSR count). The summed E-state index contributed by atoms with van der Waals surface area (Å²) in [5.74, 6) is 0.580. The molecule has 2 aromatic rings. The van der Waals surface area contributed by atoms with Gasteiger partial charge in [-0.2, -0.15) is 0 Å². The number of anilines is 1. The summed E-state index contributed by atoms with van der Waals surface area (Å²) >= 11 is 0. The second kappa shape index (κ2) is 5.42. The van der Waals surface area contributed by atoms with Gasteiger partial charge in [-0.05, 0) is 25.3 Å². The minimum Gasteiger partial charge on any atom is -0.351 e. The monoisotopic (exact) mass is 271 g/mol. The van der Waals surface area contributed by atoms with Crippen molar-refractivity contribution in [1.82, 2.24) is 14.5 Å². The van der Waals surface area contributed by atoms with Crippen molar-refractivity contribution in [2.75, 3.05) is 5.32 Å². The largest absolute Gasteiger partial charge is 0.351 e. The van der Waals surface area contributed by atoms with Gasteiger partial charge in [0, 0.05) is 24.3 Å². The zero-order valence-electron chi connectivity index (χ0n) is 11.1. The Balaban J connectivity index is 1.75. The van der Waals surface area contributed by atoms with E-state index in [1.807, 2.05) is 0 Å². The lowest BCUT2D eigenvalue weighted by Crippen LogP contribution is -2.22. The van der Waals surface area contributed by atoms with E-state index in [9.17, 15) is 4.79 Å². The highest BCUT2D eigenvalue weighted by Crippen LogP contribution is 2.20. The third-order valence-corrected chi connectivity index (χ3v) is 3.55. The molecule has 2 aromatic heterocycles. The van der Waals surface area contributed by atoms with Gasteiger partial charge in [0.1, 0.15) is 0 Å². The third-order valence-electron chi connectivity index (χ3n) is 3.55. The van der Waals surface area contributed by atoms with Crippen LogP contribution in [0.5, 0.6) is 0 Å². The molecule has 0 saturated heterocycles. The van der Waals surface area contributed by atoms with E-state index in [1.54, 1.807) is 30.7 Å². The molecular weight excluding hydrogens is 254 g/mol. The Hall–Kier alpha value is -2.21. The summed E-state index contributed by atoms with van der Waals surface area (Å²) in [5.41, 5.74) is 6.43. The predicted molar refractivity (Wildman–Crippen MR) is 76.9 cm³/mol. The van der Waals surface area contributed by atoms with Crippen molar-refractivity contribution in [2.24, 2.45) is 5.73 Å². The number of nitrogens with two attached hydrogens (primary N) is 1. The maximum atomic E-state index is 11.7. The lowest BCUT2D eigenvalue weighted by molar-refractivity contribution is 0.685. The summed E-state index contributed by atoms with van der Waals surface area (Å²) in [6, 6.07) is 5.63. The fraction of sp³-hybridized carbons (Fsp3) is 0.357. The van der Waals surface area contributed by atoms with Crippen LogP contribution in [0.4, 0.5) is 5.95 Å². The zero-order chi connectivity index (χ0) is 13.9. The van der Waals surface area contributed by atoms with E-state index in [0.717, 1.165) is 19.3 Å². The van der Waals surface area contributed by atoms with Gasteiger partial charge in [0.25, 0.3) is 5.56 Å². The van der Waals surface area contributed by atoms with E-state index < -0.39 is 0 Å². The van der Waals surface area contributed by atoms with E-state index >= 15 is 0 Å². The van der Waals surface area contributed by atoms with Crippen LogP contribution in [0.25, 0.3) is 5.69 Å². The highest BCUT2D eigenvalue weighted by atomic mass is 16.1. The van der Waals surface area contributed by atoms with E-state index in [-0.39, 0.29) is 11.6 Å². The van der Waals surface area contributed by atoms with Crippen LogP contribution in [-0.2, 0) is 0 Å². The molecule has 0 aromatic carbocycles. The molecule has 3 N–H and O–H groups in total. The molecule has 104 valence electrons. The summed E-state index contributed by atoms with van der Waals surface area (Å²) in [4.78, 5) is 20.2. The Bertz CT molecular complexity index is 637. The van der Waals surface area contributed by atoms with Gasteiger partial charge >= 0.3 is 0 Å². The van der Waals surface area contributed by atoms with Gasteiger partial charge in [0.05, 0.1) is 18.1 Å². The quantitative estimate of drug-likeness (QED) is 0.867. The van der Waals surface area contributed by atoms with Crippen molar-refractivity contribution in [3.8, 4) is 5.69 Å².